The van der Waals surface area contributed by atoms with E-state index in [1.165, 1.54) is 0 Å². The van der Waals surface area contributed by atoms with Crippen LogP contribution in [0.3, 0.4) is 0 Å². The molecule has 1 atom stereocenters. The first-order chi connectivity index (χ1) is 10.0. The third-order valence-electron chi connectivity index (χ3n) is 3.37. The fraction of sp³-hybridized carbons (Fsp3) is 0.200. The molecule has 5 nitrogen and oxygen atoms in total. The highest BCUT2D eigenvalue weighted by molar-refractivity contribution is 7.84. The summed E-state index contributed by atoms with van der Waals surface area (Å²) in [6.07, 6.45) is 1.71. The predicted octanol–water partition coefficient (Wildman–Crippen LogP) is 2.34. The molecule has 2 aromatic rings. The van der Waals surface area contributed by atoms with Crippen molar-refractivity contribution in [1.82, 2.24) is 0 Å². The van der Waals surface area contributed by atoms with Gasteiger partial charge in [-0.05, 0) is 30.0 Å². The Morgan fingerprint density at radius 2 is 1.90 bits per heavy atom. The lowest BCUT2D eigenvalue weighted by Gasteiger charge is -2.26. The molecule has 0 saturated heterocycles. The maximum atomic E-state index is 11.0. The highest BCUT2D eigenvalue weighted by Gasteiger charge is 2.22. The summed E-state index contributed by atoms with van der Waals surface area (Å²) < 4.78 is 32.6. The van der Waals surface area contributed by atoms with Crippen molar-refractivity contribution in [3.05, 3.63) is 59.7 Å². The van der Waals surface area contributed by atoms with E-state index in [0.29, 0.717) is 5.75 Å². The fourth-order valence-electron chi connectivity index (χ4n) is 2.44. The fourth-order valence-corrected chi connectivity index (χ4v) is 2.81. The zero-order valence-electron chi connectivity index (χ0n) is 11.2. The molecule has 0 bridgehead atoms. The summed E-state index contributed by atoms with van der Waals surface area (Å²) in [7, 11) is -4.02. The van der Waals surface area contributed by atoms with Crippen LogP contribution >= 0.6 is 0 Å². The van der Waals surface area contributed by atoms with Gasteiger partial charge in [-0.25, -0.2) is 0 Å². The molecule has 1 unspecified atom stereocenters. The van der Waals surface area contributed by atoms with Crippen LogP contribution in [0.4, 0.5) is 0 Å². The van der Waals surface area contributed by atoms with Crippen LogP contribution in [0.15, 0.2) is 48.5 Å². The standard InChI is InChI=1S/C15H15NO4S/c16-21(17,18)20-13-8-6-12-7-9-14(19-15(12)10-13)11-4-2-1-3-5-11/h1-6,8,10,14H,7,9H2,(H2,16,17,18). The van der Waals surface area contributed by atoms with Gasteiger partial charge in [0.25, 0.3) is 0 Å². The van der Waals surface area contributed by atoms with Crippen LogP contribution in [0.5, 0.6) is 11.5 Å². The summed E-state index contributed by atoms with van der Waals surface area (Å²) in [5.41, 5.74) is 2.13. The molecule has 0 saturated carbocycles. The van der Waals surface area contributed by atoms with E-state index >= 15 is 0 Å². The molecule has 0 spiro atoms. The van der Waals surface area contributed by atoms with Crippen molar-refractivity contribution >= 4 is 10.3 Å². The number of rotatable bonds is 3. The highest BCUT2D eigenvalue weighted by Crippen LogP contribution is 2.37. The molecule has 0 radical (unpaired) electrons. The van der Waals surface area contributed by atoms with E-state index < -0.39 is 10.3 Å². The van der Waals surface area contributed by atoms with Crippen molar-refractivity contribution < 1.29 is 17.3 Å². The van der Waals surface area contributed by atoms with Gasteiger partial charge in [0.1, 0.15) is 17.6 Å². The van der Waals surface area contributed by atoms with Gasteiger partial charge in [0.05, 0.1) is 0 Å². The number of hydrogen-bond acceptors (Lipinski definition) is 4. The third kappa shape index (κ3) is 3.34. The van der Waals surface area contributed by atoms with Crippen molar-refractivity contribution in [2.24, 2.45) is 5.14 Å². The molecule has 2 aromatic carbocycles. The molecule has 0 amide bonds. The highest BCUT2D eigenvalue weighted by atomic mass is 32.2. The molecule has 1 heterocycles. The Morgan fingerprint density at radius 1 is 1.14 bits per heavy atom. The second-order valence-corrected chi connectivity index (χ2v) is 6.05. The predicted molar refractivity (Wildman–Crippen MR) is 78.3 cm³/mol. The lowest BCUT2D eigenvalue weighted by Crippen LogP contribution is -2.19. The molecule has 110 valence electrons. The molecule has 0 aromatic heterocycles. The second kappa shape index (κ2) is 5.38. The van der Waals surface area contributed by atoms with Gasteiger partial charge in [0.15, 0.2) is 0 Å². The van der Waals surface area contributed by atoms with E-state index in [2.05, 4.69) is 4.18 Å². The number of fused-ring (bicyclic) bond motifs is 1. The monoisotopic (exact) mass is 305 g/mol. The van der Waals surface area contributed by atoms with Gasteiger partial charge < -0.3 is 8.92 Å². The molecule has 0 fully saturated rings. The van der Waals surface area contributed by atoms with Gasteiger partial charge in [-0.1, -0.05) is 36.4 Å². The van der Waals surface area contributed by atoms with Crippen LogP contribution in [0.2, 0.25) is 0 Å². The van der Waals surface area contributed by atoms with Crippen LogP contribution in [0.1, 0.15) is 23.7 Å². The summed E-state index contributed by atoms with van der Waals surface area (Å²) in [4.78, 5) is 0. The van der Waals surface area contributed by atoms with Gasteiger partial charge in [0, 0.05) is 6.07 Å². The molecule has 2 N–H and O–H groups in total. The smallest absolute Gasteiger partial charge is 0.380 e. The average Bonchev–Trinajstić information content (AvgIpc) is 2.46. The number of ether oxygens (including phenoxy) is 1. The Hall–Kier alpha value is -2.05. The minimum atomic E-state index is -4.02. The summed E-state index contributed by atoms with van der Waals surface area (Å²) >= 11 is 0. The first kappa shape index (κ1) is 13.9. The zero-order chi connectivity index (χ0) is 14.9. The lowest BCUT2D eigenvalue weighted by atomic mass is 9.97. The van der Waals surface area contributed by atoms with E-state index in [1.54, 1.807) is 18.2 Å². The minimum absolute atomic E-state index is 0.0385. The van der Waals surface area contributed by atoms with Crippen molar-refractivity contribution in [2.45, 2.75) is 18.9 Å². The first-order valence-corrected chi connectivity index (χ1v) is 8.05. The van der Waals surface area contributed by atoms with E-state index in [0.717, 1.165) is 24.0 Å². The van der Waals surface area contributed by atoms with E-state index in [1.807, 2.05) is 30.3 Å². The largest absolute Gasteiger partial charge is 0.485 e. The summed E-state index contributed by atoms with van der Waals surface area (Å²) in [6.45, 7) is 0. The normalized spacial score (nSPS) is 17.7. The molecule has 21 heavy (non-hydrogen) atoms. The molecule has 3 rings (SSSR count). The van der Waals surface area contributed by atoms with Gasteiger partial charge in [-0.2, -0.15) is 13.6 Å². The number of benzene rings is 2. The van der Waals surface area contributed by atoms with Crippen LogP contribution in [0, 0.1) is 0 Å². The maximum Gasteiger partial charge on any atom is 0.380 e. The average molecular weight is 305 g/mol. The quantitative estimate of drug-likeness (QED) is 0.944. The molecule has 1 aliphatic rings. The van der Waals surface area contributed by atoms with Crippen LogP contribution in [-0.4, -0.2) is 8.42 Å². The van der Waals surface area contributed by atoms with Gasteiger partial charge >= 0.3 is 10.3 Å². The van der Waals surface area contributed by atoms with E-state index in [-0.39, 0.29) is 11.9 Å². The second-order valence-electron chi connectivity index (χ2n) is 4.90. The van der Waals surface area contributed by atoms with Gasteiger partial charge in [-0.3, -0.25) is 0 Å². The Kier molecular flexibility index (Phi) is 3.57. The number of hydrogen-bond donors (Lipinski definition) is 1. The molecular weight excluding hydrogens is 290 g/mol. The van der Waals surface area contributed by atoms with Crippen LogP contribution in [-0.2, 0) is 16.7 Å². The van der Waals surface area contributed by atoms with Crippen molar-refractivity contribution in [3.63, 3.8) is 0 Å². The Balaban J connectivity index is 1.86. The molecule has 0 aliphatic carbocycles. The number of aryl methyl sites for hydroxylation is 1. The van der Waals surface area contributed by atoms with E-state index in [9.17, 15) is 8.42 Å². The SMILES string of the molecule is NS(=O)(=O)Oc1ccc2c(c1)OC(c1ccccc1)CC2. The van der Waals surface area contributed by atoms with E-state index in [4.69, 9.17) is 9.88 Å². The Morgan fingerprint density at radius 3 is 2.62 bits per heavy atom. The van der Waals surface area contributed by atoms with Gasteiger partial charge in [-0.15, -0.1) is 0 Å². The number of nitrogens with two attached hydrogens (primary N) is 1. The Bertz CT molecular complexity index is 744. The topological polar surface area (TPSA) is 78.6 Å². The lowest BCUT2D eigenvalue weighted by molar-refractivity contribution is 0.176. The minimum Gasteiger partial charge on any atom is -0.485 e. The van der Waals surface area contributed by atoms with Crippen LogP contribution < -0.4 is 14.1 Å². The van der Waals surface area contributed by atoms with Crippen molar-refractivity contribution in [3.8, 4) is 11.5 Å². The molecule has 1 aliphatic heterocycles. The maximum absolute atomic E-state index is 11.0. The zero-order valence-corrected chi connectivity index (χ0v) is 12.0. The molecular formula is C15H15NO4S. The molecule has 6 heteroatoms. The first-order valence-electron chi connectivity index (χ1n) is 6.58. The third-order valence-corrected chi connectivity index (χ3v) is 3.79. The van der Waals surface area contributed by atoms with Crippen molar-refractivity contribution in [1.29, 1.82) is 0 Å². The Labute approximate surface area is 123 Å². The summed E-state index contributed by atoms with van der Waals surface area (Å²) in [5.74, 6) is 0.793. The summed E-state index contributed by atoms with van der Waals surface area (Å²) in [5, 5.41) is 4.87. The van der Waals surface area contributed by atoms with Crippen molar-refractivity contribution in [2.75, 3.05) is 0 Å². The summed E-state index contributed by atoms with van der Waals surface area (Å²) in [6, 6.07) is 14.9. The van der Waals surface area contributed by atoms with Gasteiger partial charge in [0.2, 0.25) is 0 Å². The van der Waals surface area contributed by atoms with Crippen LogP contribution in [0.25, 0.3) is 0 Å².